The zero-order valence-electron chi connectivity index (χ0n) is 12.7. The van der Waals surface area contributed by atoms with E-state index in [-0.39, 0.29) is 12.1 Å². The molecule has 24 heavy (non-hydrogen) atoms. The van der Waals surface area contributed by atoms with Crippen molar-refractivity contribution in [2.24, 2.45) is 5.41 Å². The van der Waals surface area contributed by atoms with Gasteiger partial charge < -0.3 is 4.74 Å². The number of hydrogen-bond donors (Lipinski definition) is 0. The van der Waals surface area contributed by atoms with Gasteiger partial charge in [-0.25, -0.2) is 13.2 Å². The molecule has 0 radical (unpaired) electrons. The van der Waals surface area contributed by atoms with Gasteiger partial charge in [0.05, 0.1) is 6.61 Å². The molecule has 0 saturated carbocycles. The van der Waals surface area contributed by atoms with Gasteiger partial charge in [0.25, 0.3) is 5.60 Å². The number of hydrogen-bond acceptors (Lipinski definition) is 1. The van der Waals surface area contributed by atoms with Crippen molar-refractivity contribution in [3.05, 3.63) is 35.1 Å². The van der Waals surface area contributed by atoms with Crippen molar-refractivity contribution in [3.8, 4) is 0 Å². The molecule has 0 aromatic heterocycles. The van der Waals surface area contributed by atoms with Crippen molar-refractivity contribution in [1.82, 2.24) is 0 Å². The van der Waals surface area contributed by atoms with E-state index in [1.807, 2.05) is 0 Å². The Morgan fingerprint density at radius 2 is 1.17 bits per heavy atom. The Balaban J connectivity index is 3.41. The predicted molar refractivity (Wildman–Crippen MR) is 65.4 cm³/mol. The third-order valence-electron chi connectivity index (χ3n) is 3.39. The van der Waals surface area contributed by atoms with Gasteiger partial charge in [0.1, 0.15) is 17.5 Å². The molecule has 0 aliphatic carbocycles. The summed E-state index contributed by atoms with van der Waals surface area (Å²) in [5.41, 5.74) is -8.46. The van der Waals surface area contributed by atoms with Crippen LogP contribution in [0.25, 0.3) is 0 Å². The number of rotatable bonds is 3. The zero-order valence-corrected chi connectivity index (χ0v) is 12.7. The van der Waals surface area contributed by atoms with Crippen LogP contribution in [0, 0.1) is 22.9 Å². The first-order valence-electron chi connectivity index (χ1n) is 6.45. The lowest BCUT2D eigenvalue weighted by Crippen LogP contribution is -2.66. The monoisotopic (exact) mass is 368 g/mol. The maximum Gasteiger partial charge on any atom is 0.427 e. The van der Waals surface area contributed by atoms with Crippen LogP contribution in [0.2, 0.25) is 0 Å². The molecule has 1 aromatic rings. The van der Waals surface area contributed by atoms with Crippen molar-refractivity contribution >= 4 is 0 Å². The molecule has 0 fully saturated rings. The number of benzene rings is 1. The third kappa shape index (κ3) is 3.47. The largest absolute Gasteiger partial charge is 0.427 e. The van der Waals surface area contributed by atoms with Crippen LogP contribution in [0.5, 0.6) is 0 Å². The molecule has 10 heteroatoms. The summed E-state index contributed by atoms with van der Waals surface area (Å²) < 4.78 is 123. The first-order valence-corrected chi connectivity index (χ1v) is 6.45. The van der Waals surface area contributed by atoms with Gasteiger partial charge in [-0.05, 0) is 0 Å². The quantitative estimate of drug-likeness (QED) is 0.638. The third-order valence-corrected chi connectivity index (χ3v) is 3.39. The van der Waals surface area contributed by atoms with Gasteiger partial charge in [0.2, 0.25) is 0 Å². The molecule has 0 bridgehead atoms. The highest BCUT2D eigenvalue weighted by Crippen LogP contribution is 2.55. The molecule has 0 saturated heterocycles. The van der Waals surface area contributed by atoms with Crippen molar-refractivity contribution in [3.63, 3.8) is 0 Å². The van der Waals surface area contributed by atoms with Crippen molar-refractivity contribution in [1.29, 1.82) is 0 Å². The molecule has 0 N–H and O–H groups in total. The van der Waals surface area contributed by atoms with Gasteiger partial charge in [0.15, 0.2) is 0 Å². The number of halogens is 9. The van der Waals surface area contributed by atoms with E-state index >= 15 is 0 Å². The molecule has 1 rings (SSSR count). The Hall–Kier alpha value is -1.45. The van der Waals surface area contributed by atoms with Crippen LogP contribution in [0.4, 0.5) is 39.5 Å². The van der Waals surface area contributed by atoms with Gasteiger partial charge >= 0.3 is 12.4 Å². The van der Waals surface area contributed by atoms with Gasteiger partial charge in [-0.2, -0.15) is 26.3 Å². The fourth-order valence-corrected chi connectivity index (χ4v) is 2.28. The minimum atomic E-state index is -5.92. The number of ether oxygens (including phenoxy) is 1. The van der Waals surface area contributed by atoms with Crippen LogP contribution in [0.3, 0.4) is 0 Å². The Kier molecular flexibility index (Phi) is 5.25. The van der Waals surface area contributed by atoms with Crippen LogP contribution < -0.4 is 0 Å². The summed E-state index contributed by atoms with van der Waals surface area (Å²) in [6, 6.07) is 0.253. The topological polar surface area (TPSA) is 9.23 Å². The van der Waals surface area contributed by atoms with E-state index in [9.17, 15) is 39.5 Å². The Morgan fingerprint density at radius 1 is 0.792 bits per heavy atom. The Morgan fingerprint density at radius 3 is 1.46 bits per heavy atom. The van der Waals surface area contributed by atoms with E-state index in [0.717, 1.165) is 0 Å². The van der Waals surface area contributed by atoms with Gasteiger partial charge in [0, 0.05) is 23.1 Å². The predicted octanol–water partition coefficient (Wildman–Crippen LogP) is 5.53. The molecule has 0 spiro atoms. The summed E-state index contributed by atoms with van der Waals surface area (Å²) in [5.74, 6) is -4.68. The average molecular weight is 368 g/mol. The molecule has 0 aliphatic rings. The van der Waals surface area contributed by atoms with Crippen LogP contribution in [0.15, 0.2) is 12.1 Å². The summed E-state index contributed by atoms with van der Waals surface area (Å²) in [6.45, 7) is 0.205. The van der Waals surface area contributed by atoms with Crippen molar-refractivity contribution in [2.45, 2.75) is 45.3 Å². The van der Waals surface area contributed by atoms with Crippen LogP contribution in [-0.4, -0.2) is 18.0 Å². The molecule has 0 heterocycles. The van der Waals surface area contributed by atoms with Crippen LogP contribution >= 0.6 is 0 Å². The van der Waals surface area contributed by atoms with Crippen molar-refractivity contribution < 1.29 is 44.3 Å². The standard InChI is InChI=1S/C14H13F9O/c1-11(2,3)12(13(18,19)20,14(21,22)23)24-6-8-9(16)4-7(15)5-10(8)17/h4-5H,6H2,1-3H3. The highest BCUT2D eigenvalue weighted by atomic mass is 19.4. The fraction of sp³-hybridized carbons (Fsp3) is 0.571. The van der Waals surface area contributed by atoms with Gasteiger partial charge in [-0.3, -0.25) is 0 Å². The van der Waals surface area contributed by atoms with E-state index in [1.165, 1.54) is 0 Å². The molecule has 0 amide bonds. The SMILES string of the molecule is CC(C)(C)C(OCc1c(F)cc(F)cc1F)(C(F)(F)F)C(F)(F)F. The van der Waals surface area contributed by atoms with Crippen molar-refractivity contribution in [2.75, 3.05) is 0 Å². The summed E-state index contributed by atoms with van der Waals surface area (Å²) in [4.78, 5) is 0. The van der Waals surface area contributed by atoms with Crippen LogP contribution in [0.1, 0.15) is 26.3 Å². The second kappa shape index (κ2) is 6.12. The molecule has 0 aliphatic heterocycles. The van der Waals surface area contributed by atoms with E-state index in [1.54, 1.807) is 0 Å². The van der Waals surface area contributed by atoms with E-state index in [2.05, 4.69) is 4.74 Å². The minimum Gasteiger partial charge on any atom is -0.353 e. The lowest BCUT2D eigenvalue weighted by molar-refractivity contribution is -0.413. The smallest absolute Gasteiger partial charge is 0.353 e. The molecule has 0 atom stereocenters. The molecular weight excluding hydrogens is 355 g/mol. The van der Waals surface area contributed by atoms with E-state index in [0.29, 0.717) is 20.8 Å². The fourth-order valence-electron chi connectivity index (χ4n) is 2.28. The van der Waals surface area contributed by atoms with Gasteiger partial charge in [-0.15, -0.1) is 0 Å². The Labute approximate surface area is 131 Å². The van der Waals surface area contributed by atoms with Crippen LogP contribution in [-0.2, 0) is 11.3 Å². The summed E-state index contributed by atoms with van der Waals surface area (Å²) >= 11 is 0. The second-order valence-electron chi connectivity index (χ2n) is 6.06. The van der Waals surface area contributed by atoms with E-state index < -0.39 is 53.0 Å². The first kappa shape index (κ1) is 20.6. The maximum atomic E-state index is 13.5. The van der Waals surface area contributed by atoms with E-state index in [4.69, 9.17) is 0 Å². The lowest BCUT2D eigenvalue weighted by atomic mass is 9.75. The highest BCUT2D eigenvalue weighted by molar-refractivity contribution is 5.20. The molecule has 138 valence electrons. The summed E-state index contributed by atoms with van der Waals surface area (Å²) in [5, 5.41) is 0. The highest BCUT2D eigenvalue weighted by Gasteiger charge is 2.77. The second-order valence-corrected chi connectivity index (χ2v) is 6.06. The summed E-state index contributed by atoms with van der Waals surface area (Å²) in [6.07, 6.45) is -11.8. The first-order chi connectivity index (χ1) is 10.5. The Bertz CT molecular complexity index is 537. The maximum absolute atomic E-state index is 13.5. The molecule has 1 nitrogen and oxygen atoms in total. The normalized spacial score (nSPS) is 14.2. The number of alkyl halides is 6. The van der Waals surface area contributed by atoms with Gasteiger partial charge in [-0.1, -0.05) is 20.8 Å². The molecule has 1 aromatic carbocycles. The molecule has 0 unspecified atom stereocenters. The lowest BCUT2D eigenvalue weighted by Gasteiger charge is -2.45. The average Bonchev–Trinajstić information content (AvgIpc) is 2.26. The summed E-state index contributed by atoms with van der Waals surface area (Å²) in [7, 11) is 0. The minimum absolute atomic E-state index is 0.127. The molecular formula is C14H13F9O. The zero-order chi connectivity index (χ0) is 19.1.